The minimum atomic E-state index is -1.11. The summed E-state index contributed by atoms with van der Waals surface area (Å²) in [5.74, 6) is -1.11. The fourth-order valence-electron chi connectivity index (χ4n) is 7.43. The summed E-state index contributed by atoms with van der Waals surface area (Å²) in [6.45, 7) is 17.9. The van der Waals surface area contributed by atoms with Crippen LogP contribution in [0.15, 0.2) is 36.9 Å². The molecule has 0 amide bonds. The van der Waals surface area contributed by atoms with Gasteiger partial charge in [-0.15, -0.1) is 17.9 Å². The zero-order chi connectivity index (χ0) is 32.1. The quantitative estimate of drug-likeness (QED) is 0.168. The van der Waals surface area contributed by atoms with Crippen LogP contribution in [0.25, 0.3) is 37.0 Å². The lowest BCUT2D eigenvalue weighted by Crippen LogP contribution is -2.43. The van der Waals surface area contributed by atoms with Crippen LogP contribution >= 0.6 is 22.9 Å². The molecule has 2 N–H and O–H groups in total. The monoisotopic (exact) mass is 664 g/mol. The first-order valence-electron chi connectivity index (χ1n) is 15.0. The van der Waals surface area contributed by atoms with E-state index in [0.717, 1.165) is 49.3 Å². The summed E-state index contributed by atoms with van der Waals surface area (Å²) in [4.78, 5) is 17.0. The Morgan fingerprint density at radius 1 is 1.30 bits per heavy atom. The van der Waals surface area contributed by atoms with Crippen LogP contribution in [0, 0.1) is 18.2 Å². The zero-order valence-corrected chi connectivity index (χ0v) is 26.2. The lowest BCUT2D eigenvalue weighted by Gasteiger charge is -2.31. The lowest BCUT2D eigenvalue weighted by molar-refractivity contribution is 0.108. The summed E-state index contributed by atoms with van der Waals surface area (Å²) in [6.07, 6.45) is 3.51. The highest BCUT2D eigenvalue weighted by Gasteiger charge is 2.49. The Kier molecular flexibility index (Phi) is 6.69. The number of nitrogens with two attached hydrogens (primary N) is 1. The Labute approximate surface area is 271 Å². The van der Waals surface area contributed by atoms with E-state index in [0.29, 0.717) is 0 Å². The maximum absolute atomic E-state index is 17.1. The molecule has 13 heteroatoms. The predicted molar refractivity (Wildman–Crippen MR) is 174 cm³/mol. The number of benzene rings is 2. The molecular weight excluding hydrogens is 637 g/mol. The molecule has 3 aliphatic heterocycles. The first-order chi connectivity index (χ1) is 22.2. The number of halogens is 4. The predicted octanol–water partition coefficient (Wildman–Crippen LogP) is 7.61. The molecule has 5 heterocycles. The number of hydrogen-bond acceptors (Lipinski definition) is 8. The molecule has 1 aliphatic carbocycles. The van der Waals surface area contributed by atoms with Gasteiger partial charge < -0.3 is 20.1 Å². The molecule has 0 spiro atoms. The number of ether oxygens (including phenoxy) is 2. The van der Waals surface area contributed by atoms with Crippen molar-refractivity contribution >= 4 is 60.4 Å². The molecule has 2 unspecified atom stereocenters. The maximum Gasteiger partial charge on any atom is 0.319 e. The van der Waals surface area contributed by atoms with Crippen molar-refractivity contribution in [2.75, 3.05) is 36.9 Å². The average Bonchev–Trinajstić information content (AvgIpc) is 3.34. The van der Waals surface area contributed by atoms with Crippen molar-refractivity contribution in [3.8, 4) is 22.9 Å². The van der Waals surface area contributed by atoms with Crippen LogP contribution in [0.3, 0.4) is 0 Å². The Balaban J connectivity index is 1.37. The van der Waals surface area contributed by atoms with Gasteiger partial charge in [0.15, 0.2) is 11.6 Å². The fraction of sp³-hybridized carbons (Fsp3) is 0.364. The molecule has 2 saturated heterocycles. The van der Waals surface area contributed by atoms with Crippen molar-refractivity contribution in [1.29, 1.82) is 0 Å². The number of fused-ring (bicyclic) bond motifs is 2. The van der Waals surface area contributed by atoms with Crippen molar-refractivity contribution in [2.24, 2.45) is 0 Å². The van der Waals surface area contributed by atoms with E-state index >= 15 is 4.39 Å². The van der Waals surface area contributed by atoms with Gasteiger partial charge in [0.2, 0.25) is 5.69 Å². The van der Waals surface area contributed by atoms with Crippen LogP contribution in [0.1, 0.15) is 25.7 Å². The fourth-order valence-corrected chi connectivity index (χ4v) is 8.70. The van der Waals surface area contributed by atoms with E-state index in [2.05, 4.69) is 27.9 Å². The minimum Gasteiger partial charge on any atom is -0.489 e. The smallest absolute Gasteiger partial charge is 0.319 e. The maximum atomic E-state index is 17.1. The van der Waals surface area contributed by atoms with Gasteiger partial charge in [0.05, 0.1) is 44.3 Å². The first kappa shape index (κ1) is 29.4. The summed E-state index contributed by atoms with van der Waals surface area (Å²) in [6, 6.07) is 1.44. The number of thiophene rings is 1. The van der Waals surface area contributed by atoms with Gasteiger partial charge >= 0.3 is 6.01 Å². The molecule has 0 radical (unpaired) electrons. The van der Waals surface area contributed by atoms with E-state index < -0.39 is 29.9 Å². The molecule has 4 atom stereocenters. The Morgan fingerprint density at radius 3 is 2.85 bits per heavy atom. The number of hydrogen-bond donors (Lipinski definition) is 1. The summed E-state index contributed by atoms with van der Waals surface area (Å²) in [5.41, 5.74) is 6.86. The SMILES string of the molecule is [C-]#[N+]c1c(N)sc2c(F)ccc(-c3c(Cl)c4c5c(nc(OC[C@@]67CCCN6CC(=C)C7)nc5c3F)N(C3CC3F)[C@H](C=C)CO4)c12. The lowest BCUT2D eigenvalue weighted by atomic mass is 9.94. The number of rotatable bonds is 6. The van der Waals surface area contributed by atoms with E-state index in [1.54, 1.807) is 11.0 Å². The average molecular weight is 665 g/mol. The highest BCUT2D eigenvalue weighted by molar-refractivity contribution is 7.23. The van der Waals surface area contributed by atoms with Crippen molar-refractivity contribution in [3.63, 3.8) is 0 Å². The molecule has 8 rings (SSSR count). The van der Waals surface area contributed by atoms with Gasteiger partial charge in [-0.05, 0) is 37.4 Å². The number of aromatic nitrogens is 2. The number of nitrogens with zero attached hydrogens (tertiary/aromatic N) is 5. The van der Waals surface area contributed by atoms with E-state index in [1.807, 2.05) is 0 Å². The van der Waals surface area contributed by atoms with E-state index in [1.165, 1.54) is 12.1 Å². The van der Waals surface area contributed by atoms with Crippen LogP contribution in [-0.2, 0) is 0 Å². The zero-order valence-electron chi connectivity index (χ0n) is 24.6. The van der Waals surface area contributed by atoms with Crippen molar-refractivity contribution in [2.45, 2.75) is 49.5 Å². The van der Waals surface area contributed by atoms with Crippen LogP contribution < -0.4 is 20.1 Å². The van der Waals surface area contributed by atoms with Gasteiger partial charge in [0.1, 0.15) is 36.5 Å². The Bertz CT molecular complexity index is 2050. The van der Waals surface area contributed by atoms with E-state index in [9.17, 15) is 8.78 Å². The van der Waals surface area contributed by atoms with Gasteiger partial charge in [-0.3, -0.25) is 4.90 Å². The molecule has 0 bridgehead atoms. The third-order valence-corrected chi connectivity index (χ3v) is 11.0. The molecule has 236 valence electrons. The molecule has 8 nitrogen and oxygen atoms in total. The third kappa shape index (κ3) is 4.21. The van der Waals surface area contributed by atoms with Crippen LogP contribution in [0.2, 0.25) is 5.02 Å². The molecule has 46 heavy (non-hydrogen) atoms. The van der Waals surface area contributed by atoms with Crippen LogP contribution in [0.5, 0.6) is 11.8 Å². The number of alkyl halides is 1. The van der Waals surface area contributed by atoms with Crippen molar-refractivity contribution in [3.05, 3.63) is 65.0 Å². The normalized spacial score (nSPS) is 25.4. The second-order valence-corrected chi connectivity index (χ2v) is 13.8. The summed E-state index contributed by atoms with van der Waals surface area (Å²) >= 11 is 7.90. The van der Waals surface area contributed by atoms with Crippen molar-refractivity contribution in [1.82, 2.24) is 14.9 Å². The molecule has 1 saturated carbocycles. The number of nitrogen functional groups attached to an aromatic ring is 1. The van der Waals surface area contributed by atoms with E-state index in [-0.39, 0.29) is 90.6 Å². The van der Waals surface area contributed by atoms with Crippen LogP contribution in [0.4, 0.5) is 29.7 Å². The molecule has 4 aromatic rings. The van der Waals surface area contributed by atoms with Gasteiger partial charge in [0, 0.05) is 23.9 Å². The molecule has 2 aromatic heterocycles. The number of anilines is 2. The first-order valence-corrected chi connectivity index (χ1v) is 16.2. The third-order valence-electron chi connectivity index (χ3n) is 9.63. The Morgan fingerprint density at radius 2 is 2.11 bits per heavy atom. The van der Waals surface area contributed by atoms with Gasteiger partial charge in [-0.1, -0.05) is 35.9 Å². The van der Waals surface area contributed by atoms with Gasteiger partial charge in [-0.25, -0.2) is 18.0 Å². The molecule has 3 fully saturated rings. The largest absolute Gasteiger partial charge is 0.489 e. The standard InChI is InChI=1S/C33H28ClF3N6O2S/c1-4-16-13-44-28-23-26(25(37)21(24(28)34)17-6-7-18(35)29-22(17)27(39-3)30(38)46-29)40-32(41-31(23)43(16)20-10-19(20)36)45-14-33-8-5-9-42(33)12-15(2)11-33/h4,6-7,16,19-20H,1-2,5,8-14,38H2/t16-,19?,20?,33+/m1/s1. The Hall–Kier alpha value is -4.05. The summed E-state index contributed by atoms with van der Waals surface area (Å²) < 4.78 is 59.4. The molecule has 2 aromatic carbocycles. The van der Waals surface area contributed by atoms with E-state index in [4.69, 9.17) is 38.4 Å². The summed E-state index contributed by atoms with van der Waals surface area (Å²) in [5, 5.41) is 0.313. The van der Waals surface area contributed by atoms with Crippen LogP contribution in [-0.4, -0.2) is 65.0 Å². The van der Waals surface area contributed by atoms with Crippen molar-refractivity contribution < 1.29 is 22.6 Å². The minimum absolute atomic E-state index is 0.00314. The highest BCUT2D eigenvalue weighted by Crippen LogP contribution is 2.54. The molecule has 4 aliphatic rings. The van der Waals surface area contributed by atoms with Gasteiger partial charge in [-0.2, -0.15) is 9.97 Å². The van der Waals surface area contributed by atoms with Gasteiger partial charge in [0.25, 0.3) is 0 Å². The summed E-state index contributed by atoms with van der Waals surface area (Å²) in [7, 11) is 0. The topological polar surface area (TPSA) is 81.1 Å². The second-order valence-electron chi connectivity index (χ2n) is 12.4. The molecular formula is C33H28ClF3N6O2S. The highest BCUT2D eigenvalue weighted by atomic mass is 35.5. The second kappa shape index (κ2) is 10.5.